The minimum absolute atomic E-state index is 0.146. The maximum atomic E-state index is 10.7. The van der Waals surface area contributed by atoms with Crippen molar-refractivity contribution in [2.75, 3.05) is 26.2 Å². The van der Waals surface area contributed by atoms with Crippen molar-refractivity contribution in [1.82, 2.24) is 4.90 Å². The monoisotopic (exact) mass is 421 g/mol. The Bertz CT molecular complexity index is 344. The molecular weight excluding hydrogens is 373 g/mol. The molecule has 0 aliphatic rings. The largest absolute Gasteiger partial charge is 0.469 e. The van der Waals surface area contributed by atoms with Crippen LogP contribution in [0.25, 0.3) is 0 Å². The lowest BCUT2D eigenvalue weighted by Gasteiger charge is -2.22. The molecule has 28 heavy (non-hydrogen) atoms. The van der Waals surface area contributed by atoms with Crippen molar-refractivity contribution in [1.29, 1.82) is 0 Å². The molecule has 0 aliphatic heterocycles. The number of hydrogen-bond donors (Lipinski definition) is 2. The van der Waals surface area contributed by atoms with Crippen LogP contribution < -0.4 is 0 Å². The van der Waals surface area contributed by atoms with Crippen LogP contribution in [0.15, 0.2) is 0 Å². The summed E-state index contributed by atoms with van der Waals surface area (Å²) < 4.78 is 15.3. The smallest absolute Gasteiger partial charge is 0.303 e. The number of phosphoric acid groups is 1. The lowest BCUT2D eigenvalue weighted by atomic mass is 10.1. The summed E-state index contributed by atoms with van der Waals surface area (Å²) >= 11 is 0. The van der Waals surface area contributed by atoms with Crippen LogP contribution in [0, 0.1) is 0 Å². The van der Waals surface area contributed by atoms with E-state index in [2.05, 4.69) is 23.3 Å². The van der Waals surface area contributed by atoms with Crippen LogP contribution in [-0.4, -0.2) is 40.9 Å². The van der Waals surface area contributed by atoms with E-state index < -0.39 is 7.82 Å². The summed E-state index contributed by atoms with van der Waals surface area (Å²) in [5.74, 6) is 0. The first-order valence-corrected chi connectivity index (χ1v) is 13.4. The van der Waals surface area contributed by atoms with Crippen LogP contribution in [0.1, 0.15) is 117 Å². The first-order chi connectivity index (χ1) is 13.5. The molecule has 0 saturated heterocycles. The Labute approximate surface area is 174 Å². The zero-order chi connectivity index (χ0) is 20.9. The third-order valence-electron chi connectivity index (χ3n) is 5.28. The summed E-state index contributed by atoms with van der Waals surface area (Å²) in [7, 11) is -4.31. The fourth-order valence-corrected chi connectivity index (χ4v) is 3.91. The molecule has 170 valence electrons. The van der Waals surface area contributed by atoms with Gasteiger partial charge in [0.1, 0.15) is 0 Å². The standard InChI is InChI=1S/C22H48NO4P/c1-3-5-7-9-11-13-15-19-23(20-16-14-12-10-8-6-4-2)21-17-18-22-27-28(24,25)26/h3-22H2,1-2H3,(H2,24,25,26). The summed E-state index contributed by atoms with van der Waals surface area (Å²) in [4.78, 5) is 20.0. The quantitative estimate of drug-likeness (QED) is 0.151. The van der Waals surface area contributed by atoms with Crippen LogP contribution in [0.5, 0.6) is 0 Å². The lowest BCUT2D eigenvalue weighted by Crippen LogP contribution is -2.27. The van der Waals surface area contributed by atoms with Gasteiger partial charge >= 0.3 is 7.82 Å². The Balaban J connectivity index is 3.90. The number of unbranched alkanes of at least 4 members (excludes halogenated alkanes) is 13. The van der Waals surface area contributed by atoms with Crippen molar-refractivity contribution < 1.29 is 18.9 Å². The second-order valence-corrected chi connectivity index (χ2v) is 9.35. The molecule has 0 aromatic carbocycles. The molecule has 0 radical (unpaired) electrons. The van der Waals surface area contributed by atoms with Crippen molar-refractivity contribution in [2.45, 2.75) is 117 Å². The van der Waals surface area contributed by atoms with E-state index in [4.69, 9.17) is 9.79 Å². The van der Waals surface area contributed by atoms with Gasteiger partial charge in [0.15, 0.2) is 0 Å². The summed E-state index contributed by atoms with van der Waals surface area (Å²) in [5, 5.41) is 0. The molecule has 2 N–H and O–H groups in total. The van der Waals surface area contributed by atoms with Crippen LogP contribution >= 0.6 is 7.82 Å². The van der Waals surface area contributed by atoms with E-state index in [9.17, 15) is 4.57 Å². The molecule has 0 aliphatic carbocycles. The molecule has 0 spiro atoms. The average molecular weight is 422 g/mol. The van der Waals surface area contributed by atoms with Gasteiger partial charge in [0, 0.05) is 0 Å². The third-order valence-corrected chi connectivity index (χ3v) is 5.80. The molecule has 6 heteroatoms. The molecule has 0 fully saturated rings. The minimum atomic E-state index is -4.31. The number of phosphoric ester groups is 1. The predicted octanol–water partition coefficient (Wildman–Crippen LogP) is 6.68. The van der Waals surface area contributed by atoms with Gasteiger partial charge in [-0.2, -0.15) is 0 Å². The predicted molar refractivity (Wildman–Crippen MR) is 120 cm³/mol. The maximum Gasteiger partial charge on any atom is 0.469 e. The highest BCUT2D eigenvalue weighted by Gasteiger charge is 2.12. The van der Waals surface area contributed by atoms with Gasteiger partial charge in [-0.15, -0.1) is 0 Å². The van der Waals surface area contributed by atoms with E-state index in [0.717, 1.165) is 26.1 Å². The Kier molecular flexibility index (Phi) is 20.4. The molecule has 0 atom stereocenters. The molecule has 0 aromatic heterocycles. The summed E-state index contributed by atoms with van der Waals surface area (Å²) in [5.41, 5.74) is 0. The van der Waals surface area contributed by atoms with Gasteiger partial charge in [0.2, 0.25) is 0 Å². The van der Waals surface area contributed by atoms with Gasteiger partial charge in [0.25, 0.3) is 0 Å². The van der Waals surface area contributed by atoms with E-state index in [1.165, 1.54) is 89.9 Å². The van der Waals surface area contributed by atoms with Gasteiger partial charge in [0.05, 0.1) is 6.61 Å². The normalized spacial score (nSPS) is 12.2. The summed E-state index contributed by atoms with van der Waals surface area (Å²) in [6.45, 7) is 7.98. The molecule has 0 bridgehead atoms. The molecule has 0 saturated carbocycles. The molecule has 0 aromatic rings. The first kappa shape index (κ1) is 28.1. The first-order valence-electron chi connectivity index (χ1n) is 11.9. The van der Waals surface area contributed by atoms with Crippen LogP contribution in [-0.2, 0) is 9.09 Å². The third kappa shape index (κ3) is 22.4. The van der Waals surface area contributed by atoms with Crippen LogP contribution in [0.3, 0.4) is 0 Å². The van der Waals surface area contributed by atoms with E-state index >= 15 is 0 Å². The van der Waals surface area contributed by atoms with E-state index in [-0.39, 0.29) is 6.61 Å². The Hall–Kier alpha value is 0.0700. The van der Waals surface area contributed by atoms with Crippen molar-refractivity contribution in [3.63, 3.8) is 0 Å². The lowest BCUT2D eigenvalue weighted by molar-refractivity contribution is 0.187. The molecule has 5 nitrogen and oxygen atoms in total. The summed E-state index contributed by atoms with van der Waals surface area (Å²) in [6, 6.07) is 0. The highest BCUT2D eigenvalue weighted by atomic mass is 31.2. The van der Waals surface area contributed by atoms with Crippen LogP contribution in [0.4, 0.5) is 0 Å². The Morgan fingerprint density at radius 1 is 0.607 bits per heavy atom. The molecule has 0 amide bonds. The molecule has 0 heterocycles. The number of hydrogen-bond acceptors (Lipinski definition) is 3. The zero-order valence-electron chi connectivity index (χ0n) is 18.7. The van der Waals surface area contributed by atoms with Gasteiger partial charge in [-0.1, -0.05) is 90.9 Å². The topological polar surface area (TPSA) is 70.0 Å². The van der Waals surface area contributed by atoms with Crippen LogP contribution in [0.2, 0.25) is 0 Å². The number of rotatable bonds is 22. The Morgan fingerprint density at radius 3 is 1.36 bits per heavy atom. The van der Waals surface area contributed by atoms with Gasteiger partial charge in [-0.05, 0) is 45.3 Å². The highest BCUT2D eigenvalue weighted by Crippen LogP contribution is 2.35. The molecule has 0 unspecified atom stereocenters. The SMILES string of the molecule is CCCCCCCCCN(CCCCCCCCC)CCCCOP(=O)(O)O. The van der Waals surface area contributed by atoms with Crippen molar-refractivity contribution in [2.24, 2.45) is 0 Å². The van der Waals surface area contributed by atoms with Gasteiger partial charge < -0.3 is 14.7 Å². The average Bonchev–Trinajstić information content (AvgIpc) is 2.64. The van der Waals surface area contributed by atoms with Crippen molar-refractivity contribution in [3.05, 3.63) is 0 Å². The fraction of sp³-hybridized carbons (Fsp3) is 1.00. The van der Waals surface area contributed by atoms with Crippen molar-refractivity contribution in [3.8, 4) is 0 Å². The van der Waals surface area contributed by atoms with Gasteiger partial charge in [-0.25, -0.2) is 4.57 Å². The molecule has 0 rings (SSSR count). The zero-order valence-corrected chi connectivity index (χ0v) is 19.6. The highest BCUT2D eigenvalue weighted by molar-refractivity contribution is 7.46. The maximum absolute atomic E-state index is 10.7. The Morgan fingerprint density at radius 2 is 0.964 bits per heavy atom. The summed E-state index contributed by atoms with van der Waals surface area (Å²) in [6.07, 6.45) is 20.3. The second kappa shape index (κ2) is 20.3. The van der Waals surface area contributed by atoms with E-state index in [0.29, 0.717) is 6.42 Å². The van der Waals surface area contributed by atoms with E-state index in [1.807, 2.05) is 0 Å². The second-order valence-electron chi connectivity index (χ2n) is 8.12. The van der Waals surface area contributed by atoms with E-state index in [1.54, 1.807) is 0 Å². The fourth-order valence-electron chi connectivity index (χ4n) is 3.54. The van der Waals surface area contributed by atoms with Gasteiger partial charge in [-0.3, -0.25) is 4.52 Å². The van der Waals surface area contributed by atoms with Crippen molar-refractivity contribution >= 4 is 7.82 Å². The minimum Gasteiger partial charge on any atom is -0.303 e. The molecular formula is C22H48NO4P. The number of nitrogens with zero attached hydrogens (tertiary/aromatic N) is 1.